The zero-order valence-corrected chi connectivity index (χ0v) is 10.3. The van der Waals surface area contributed by atoms with Gasteiger partial charge in [-0.3, -0.25) is 0 Å². The fourth-order valence-corrected chi connectivity index (χ4v) is 2.43. The third-order valence-electron chi connectivity index (χ3n) is 2.64. The number of benzene rings is 1. The summed E-state index contributed by atoms with van der Waals surface area (Å²) in [6.07, 6.45) is 0. The second kappa shape index (κ2) is 4.51. The van der Waals surface area contributed by atoms with Crippen molar-refractivity contribution < 1.29 is 0 Å². The minimum absolute atomic E-state index is 0.591. The molecule has 0 saturated heterocycles. The fourth-order valence-electron chi connectivity index (χ4n) is 1.79. The molecule has 3 aromatic rings. The van der Waals surface area contributed by atoms with Gasteiger partial charge in [-0.05, 0) is 23.6 Å². The van der Waals surface area contributed by atoms with Crippen LogP contribution in [0.2, 0.25) is 0 Å². The molecule has 0 atom stereocenters. The summed E-state index contributed by atoms with van der Waals surface area (Å²) in [5.41, 5.74) is 2.18. The standard InChI is InChI=1S/C13H10N4S/c14-7-9-3-1-5-11-12(9)17-13(16-11)15-8-10-4-2-6-18-10/h1-6H,8H2,(H2,15,16,17). The van der Waals surface area contributed by atoms with Crippen LogP contribution in [0.25, 0.3) is 11.0 Å². The van der Waals surface area contributed by atoms with Gasteiger partial charge in [-0.15, -0.1) is 11.3 Å². The minimum atomic E-state index is 0.591. The molecule has 0 radical (unpaired) electrons. The highest BCUT2D eigenvalue weighted by Gasteiger charge is 2.06. The Kier molecular flexibility index (Phi) is 2.71. The summed E-state index contributed by atoms with van der Waals surface area (Å²) in [5, 5.41) is 14.3. The van der Waals surface area contributed by atoms with Crippen molar-refractivity contribution in [3.05, 3.63) is 46.2 Å². The molecule has 0 aliphatic carbocycles. The van der Waals surface area contributed by atoms with Crippen LogP contribution < -0.4 is 5.32 Å². The number of para-hydroxylation sites is 1. The maximum absolute atomic E-state index is 9.00. The molecule has 0 saturated carbocycles. The number of anilines is 1. The molecule has 0 aliphatic heterocycles. The lowest BCUT2D eigenvalue weighted by atomic mass is 10.2. The quantitative estimate of drug-likeness (QED) is 0.754. The Morgan fingerprint density at radius 1 is 1.33 bits per heavy atom. The number of aromatic amines is 1. The van der Waals surface area contributed by atoms with Crippen LogP contribution in [0.1, 0.15) is 10.4 Å². The summed E-state index contributed by atoms with van der Waals surface area (Å²) < 4.78 is 0. The van der Waals surface area contributed by atoms with E-state index in [1.54, 1.807) is 17.4 Å². The first-order valence-corrected chi connectivity index (χ1v) is 6.40. The largest absolute Gasteiger partial charge is 0.351 e. The molecular weight excluding hydrogens is 244 g/mol. The number of hydrogen-bond acceptors (Lipinski definition) is 4. The summed E-state index contributed by atoms with van der Waals surface area (Å²) in [6, 6.07) is 11.8. The van der Waals surface area contributed by atoms with Crippen LogP contribution in [0.4, 0.5) is 5.95 Å². The third-order valence-corrected chi connectivity index (χ3v) is 3.52. The van der Waals surface area contributed by atoms with Crippen molar-refractivity contribution in [2.24, 2.45) is 0 Å². The predicted octanol–water partition coefficient (Wildman–Crippen LogP) is 3.11. The van der Waals surface area contributed by atoms with Crippen molar-refractivity contribution in [1.29, 1.82) is 5.26 Å². The van der Waals surface area contributed by atoms with Gasteiger partial charge in [0.15, 0.2) is 0 Å². The van der Waals surface area contributed by atoms with Crippen LogP contribution in [0.5, 0.6) is 0 Å². The van der Waals surface area contributed by atoms with Crippen molar-refractivity contribution >= 4 is 28.3 Å². The van der Waals surface area contributed by atoms with Gasteiger partial charge in [0.25, 0.3) is 0 Å². The molecule has 2 heterocycles. The number of nitrogens with zero attached hydrogens (tertiary/aromatic N) is 2. The topological polar surface area (TPSA) is 64.5 Å². The van der Waals surface area contributed by atoms with Crippen LogP contribution in [0, 0.1) is 11.3 Å². The molecule has 5 heteroatoms. The SMILES string of the molecule is N#Cc1cccc2[nH]c(NCc3cccs3)nc12. The number of nitrogens with one attached hydrogen (secondary N) is 2. The molecule has 88 valence electrons. The van der Waals surface area contributed by atoms with E-state index in [1.807, 2.05) is 23.6 Å². The van der Waals surface area contributed by atoms with Crippen LogP contribution in [0.3, 0.4) is 0 Å². The number of rotatable bonds is 3. The van der Waals surface area contributed by atoms with Gasteiger partial charge in [-0.25, -0.2) is 4.98 Å². The zero-order valence-electron chi connectivity index (χ0n) is 9.47. The van der Waals surface area contributed by atoms with Gasteiger partial charge in [0, 0.05) is 4.88 Å². The Hall–Kier alpha value is -2.32. The lowest BCUT2D eigenvalue weighted by Crippen LogP contribution is -1.98. The lowest BCUT2D eigenvalue weighted by molar-refractivity contribution is 1.13. The van der Waals surface area contributed by atoms with E-state index >= 15 is 0 Å². The number of imidazole rings is 1. The Bertz CT molecular complexity index is 706. The highest BCUT2D eigenvalue weighted by atomic mass is 32.1. The smallest absolute Gasteiger partial charge is 0.201 e. The molecule has 3 rings (SSSR count). The first kappa shape index (κ1) is 10.8. The van der Waals surface area contributed by atoms with E-state index in [9.17, 15) is 0 Å². The van der Waals surface area contributed by atoms with Crippen LogP contribution in [0.15, 0.2) is 35.7 Å². The summed E-state index contributed by atoms with van der Waals surface area (Å²) in [7, 11) is 0. The molecule has 0 spiro atoms. The summed E-state index contributed by atoms with van der Waals surface area (Å²) in [4.78, 5) is 8.81. The van der Waals surface area contributed by atoms with E-state index in [2.05, 4.69) is 27.4 Å². The molecule has 4 nitrogen and oxygen atoms in total. The summed E-state index contributed by atoms with van der Waals surface area (Å²) >= 11 is 1.70. The molecule has 18 heavy (non-hydrogen) atoms. The average Bonchev–Trinajstić information content (AvgIpc) is 3.04. The van der Waals surface area contributed by atoms with E-state index in [0.717, 1.165) is 12.1 Å². The number of fused-ring (bicyclic) bond motifs is 1. The van der Waals surface area contributed by atoms with E-state index in [4.69, 9.17) is 5.26 Å². The molecule has 0 unspecified atom stereocenters. The van der Waals surface area contributed by atoms with E-state index in [-0.39, 0.29) is 0 Å². The van der Waals surface area contributed by atoms with Crippen molar-refractivity contribution in [1.82, 2.24) is 9.97 Å². The van der Waals surface area contributed by atoms with Crippen molar-refractivity contribution in [2.75, 3.05) is 5.32 Å². The molecule has 0 amide bonds. The third kappa shape index (κ3) is 1.94. The molecule has 2 aromatic heterocycles. The molecule has 1 aromatic carbocycles. The molecular formula is C13H10N4S. The van der Waals surface area contributed by atoms with Crippen molar-refractivity contribution in [2.45, 2.75) is 6.54 Å². The molecule has 0 bridgehead atoms. The average molecular weight is 254 g/mol. The Labute approximate surface area is 108 Å². The van der Waals surface area contributed by atoms with Crippen molar-refractivity contribution in [3.63, 3.8) is 0 Å². The number of nitriles is 1. The monoisotopic (exact) mass is 254 g/mol. The molecule has 0 aliphatic rings. The maximum atomic E-state index is 9.00. The highest BCUT2D eigenvalue weighted by Crippen LogP contribution is 2.18. The van der Waals surface area contributed by atoms with Gasteiger partial charge >= 0.3 is 0 Å². The van der Waals surface area contributed by atoms with Gasteiger partial charge < -0.3 is 10.3 Å². The number of aromatic nitrogens is 2. The summed E-state index contributed by atoms with van der Waals surface area (Å²) in [5.74, 6) is 0.695. The number of thiophene rings is 1. The predicted molar refractivity (Wildman–Crippen MR) is 72.5 cm³/mol. The first-order valence-electron chi connectivity index (χ1n) is 5.52. The van der Waals surface area contributed by atoms with Gasteiger partial charge in [0.05, 0.1) is 17.6 Å². The fraction of sp³-hybridized carbons (Fsp3) is 0.0769. The zero-order chi connectivity index (χ0) is 12.4. The van der Waals surface area contributed by atoms with Crippen LogP contribution >= 0.6 is 11.3 Å². The number of hydrogen-bond donors (Lipinski definition) is 2. The highest BCUT2D eigenvalue weighted by molar-refractivity contribution is 7.09. The van der Waals surface area contributed by atoms with Gasteiger partial charge in [-0.1, -0.05) is 12.1 Å². The van der Waals surface area contributed by atoms with Crippen LogP contribution in [-0.2, 0) is 6.54 Å². The normalized spacial score (nSPS) is 10.4. The second-order valence-electron chi connectivity index (χ2n) is 3.83. The maximum Gasteiger partial charge on any atom is 0.201 e. The van der Waals surface area contributed by atoms with Crippen molar-refractivity contribution in [3.8, 4) is 6.07 Å². The van der Waals surface area contributed by atoms with Gasteiger partial charge in [0.2, 0.25) is 5.95 Å². The van der Waals surface area contributed by atoms with Gasteiger partial charge in [0.1, 0.15) is 11.6 Å². The molecule has 2 N–H and O–H groups in total. The van der Waals surface area contributed by atoms with E-state index < -0.39 is 0 Å². The lowest BCUT2D eigenvalue weighted by Gasteiger charge is -1.98. The van der Waals surface area contributed by atoms with Gasteiger partial charge in [-0.2, -0.15) is 5.26 Å². The Morgan fingerprint density at radius 2 is 2.28 bits per heavy atom. The van der Waals surface area contributed by atoms with E-state index in [1.165, 1.54) is 4.88 Å². The first-order chi connectivity index (χ1) is 8.86. The molecule has 0 fully saturated rings. The minimum Gasteiger partial charge on any atom is -0.351 e. The van der Waals surface area contributed by atoms with Crippen LogP contribution in [-0.4, -0.2) is 9.97 Å². The summed E-state index contributed by atoms with van der Waals surface area (Å²) in [6.45, 7) is 0.735. The Balaban J connectivity index is 1.87. The second-order valence-corrected chi connectivity index (χ2v) is 4.86. The Morgan fingerprint density at radius 3 is 3.06 bits per heavy atom. The van der Waals surface area contributed by atoms with E-state index in [0.29, 0.717) is 17.0 Å². The number of H-pyrrole nitrogens is 1.